The fraction of sp³-hybridized carbons (Fsp3) is 0.182. The average molecular weight is 449 g/mol. The number of benzene rings is 1. The standard InChI is InChI=1S/C22H16N4O3S2/c27-12-6-3-5-11-16(12)17(18-19(23-11)25-22(30)26-20(18)28)13-8-9-14(29-13)21-24-10-4-1-2-7-15(10)31-21/h1-2,4,7-9,17H,3,5-6H2,(H3,23,25,26,28,30). The summed E-state index contributed by atoms with van der Waals surface area (Å²) in [5.74, 6) is 1.10. The Balaban J connectivity index is 1.53. The van der Waals surface area contributed by atoms with Crippen LogP contribution in [0.5, 0.6) is 0 Å². The first-order chi connectivity index (χ1) is 15.1. The van der Waals surface area contributed by atoms with Gasteiger partial charge in [-0.2, -0.15) is 0 Å². The number of carbonyl (C=O) groups excluding carboxylic acids is 1. The smallest absolute Gasteiger partial charge is 0.258 e. The fourth-order valence-corrected chi connectivity index (χ4v) is 5.50. The van der Waals surface area contributed by atoms with E-state index in [0.29, 0.717) is 34.9 Å². The zero-order valence-corrected chi connectivity index (χ0v) is 17.8. The van der Waals surface area contributed by atoms with Crippen molar-refractivity contribution in [3.8, 4) is 10.8 Å². The molecule has 1 atom stereocenters. The molecule has 1 unspecified atom stereocenters. The summed E-state index contributed by atoms with van der Waals surface area (Å²) in [5, 5.41) is 3.99. The molecule has 1 aliphatic carbocycles. The number of allylic oxidation sites excluding steroid dienone is 2. The molecule has 9 heteroatoms. The number of rotatable bonds is 2. The molecule has 4 aromatic rings. The molecule has 1 aromatic carbocycles. The number of aromatic nitrogens is 3. The first-order valence-corrected chi connectivity index (χ1v) is 11.2. The van der Waals surface area contributed by atoms with Crippen LogP contribution in [0.3, 0.4) is 0 Å². The van der Waals surface area contributed by atoms with E-state index in [1.54, 1.807) is 11.3 Å². The minimum absolute atomic E-state index is 0.0317. The largest absolute Gasteiger partial charge is 0.458 e. The van der Waals surface area contributed by atoms with Gasteiger partial charge in [0.05, 0.1) is 21.7 Å². The van der Waals surface area contributed by atoms with Crippen molar-refractivity contribution in [1.82, 2.24) is 15.0 Å². The topological polar surface area (TPSA) is 104 Å². The number of anilines is 1. The molecule has 0 amide bonds. The van der Waals surface area contributed by atoms with Gasteiger partial charge in [0.15, 0.2) is 21.3 Å². The van der Waals surface area contributed by atoms with Gasteiger partial charge >= 0.3 is 0 Å². The second kappa shape index (κ2) is 6.86. The third-order valence-electron chi connectivity index (χ3n) is 5.70. The summed E-state index contributed by atoms with van der Waals surface area (Å²) >= 11 is 6.69. The molecule has 3 aromatic heterocycles. The monoisotopic (exact) mass is 448 g/mol. The van der Waals surface area contributed by atoms with E-state index >= 15 is 0 Å². The highest BCUT2D eigenvalue weighted by molar-refractivity contribution is 7.71. The Hall–Kier alpha value is -3.30. The molecular formula is C22H16N4O3S2. The van der Waals surface area contributed by atoms with Crippen LogP contribution in [0.4, 0.5) is 5.82 Å². The predicted molar refractivity (Wildman–Crippen MR) is 121 cm³/mol. The van der Waals surface area contributed by atoms with Crippen LogP contribution >= 0.6 is 23.6 Å². The molecule has 0 saturated heterocycles. The van der Waals surface area contributed by atoms with Gasteiger partial charge in [-0.15, -0.1) is 11.3 Å². The Labute approximate surface area is 184 Å². The molecule has 1 aliphatic heterocycles. The second-order valence-corrected chi connectivity index (χ2v) is 9.05. The van der Waals surface area contributed by atoms with E-state index in [-0.39, 0.29) is 16.1 Å². The lowest BCUT2D eigenvalue weighted by atomic mass is 9.79. The van der Waals surface area contributed by atoms with Crippen LogP contribution in [0.1, 0.15) is 36.5 Å². The van der Waals surface area contributed by atoms with Crippen molar-refractivity contribution in [2.24, 2.45) is 0 Å². The minimum atomic E-state index is -0.599. The molecular weight excluding hydrogens is 432 g/mol. The molecule has 0 fully saturated rings. The van der Waals surface area contributed by atoms with Crippen LogP contribution in [0.15, 0.2) is 56.9 Å². The molecule has 0 spiro atoms. The second-order valence-electron chi connectivity index (χ2n) is 7.61. The Morgan fingerprint density at radius 3 is 2.84 bits per heavy atom. The van der Waals surface area contributed by atoms with Crippen molar-refractivity contribution in [3.05, 3.63) is 74.1 Å². The third-order valence-corrected chi connectivity index (χ3v) is 6.96. The van der Waals surface area contributed by atoms with E-state index < -0.39 is 5.92 Å². The number of hydrogen-bond acceptors (Lipinski definition) is 7. The predicted octanol–water partition coefficient (Wildman–Crippen LogP) is 4.87. The Kier molecular flexibility index (Phi) is 4.09. The molecule has 7 nitrogen and oxygen atoms in total. The summed E-state index contributed by atoms with van der Waals surface area (Å²) < 4.78 is 7.52. The van der Waals surface area contributed by atoms with E-state index in [0.717, 1.165) is 33.8 Å². The van der Waals surface area contributed by atoms with E-state index in [4.69, 9.17) is 16.6 Å². The molecule has 3 N–H and O–H groups in total. The van der Waals surface area contributed by atoms with Gasteiger partial charge in [-0.3, -0.25) is 14.6 Å². The quantitative estimate of drug-likeness (QED) is 0.378. The van der Waals surface area contributed by atoms with Gasteiger partial charge in [-0.25, -0.2) is 4.98 Å². The van der Waals surface area contributed by atoms with Crippen LogP contribution in [0.25, 0.3) is 21.0 Å². The van der Waals surface area contributed by atoms with Crippen LogP contribution < -0.4 is 10.9 Å². The summed E-state index contributed by atoms with van der Waals surface area (Å²) in [6, 6.07) is 11.6. The number of fused-ring (bicyclic) bond motifs is 2. The molecule has 0 saturated carbocycles. The van der Waals surface area contributed by atoms with Gasteiger partial charge in [0.25, 0.3) is 5.56 Å². The van der Waals surface area contributed by atoms with Crippen LogP contribution in [-0.4, -0.2) is 20.7 Å². The Morgan fingerprint density at radius 2 is 1.97 bits per heavy atom. The molecule has 0 radical (unpaired) electrons. The van der Waals surface area contributed by atoms with Crippen molar-refractivity contribution >= 4 is 45.4 Å². The van der Waals surface area contributed by atoms with Crippen molar-refractivity contribution in [1.29, 1.82) is 0 Å². The summed E-state index contributed by atoms with van der Waals surface area (Å²) in [4.78, 5) is 36.1. The number of hydrogen-bond donors (Lipinski definition) is 3. The highest BCUT2D eigenvalue weighted by Gasteiger charge is 2.39. The van der Waals surface area contributed by atoms with Gasteiger partial charge in [0.2, 0.25) is 0 Å². The van der Waals surface area contributed by atoms with Crippen LogP contribution in [0.2, 0.25) is 0 Å². The number of nitrogens with one attached hydrogen (secondary N) is 3. The highest BCUT2D eigenvalue weighted by atomic mass is 32.1. The normalized spacial score (nSPS) is 18.1. The van der Waals surface area contributed by atoms with Gasteiger partial charge in [0, 0.05) is 17.7 Å². The molecule has 4 heterocycles. The van der Waals surface area contributed by atoms with Crippen molar-refractivity contribution < 1.29 is 9.21 Å². The van der Waals surface area contributed by atoms with Crippen molar-refractivity contribution in [2.45, 2.75) is 25.2 Å². The van der Waals surface area contributed by atoms with Gasteiger partial charge in [-0.1, -0.05) is 12.1 Å². The lowest BCUT2D eigenvalue weighted by Gasteiger charge is -2.31. The number of H-pyrrole nitrogens is 2. The van der Waals surface area contributed by atoms with Crippen LogP contribution in [-0.2, 0) is 4.79 Å². The number of aromatic amines is 2. The summed E-state index contributed by atoms with van der Waals surface area (Å²) in [7, 11) is 0. The third kappa shape index (κ3) is 2.92. The Bertz CT molecular complexity index is 1490. The van der Waals surface area contributed by atoms with E-state index in [2.05, 4.69) is 20.3 Å². The number of carbonyl (C=O) groups is 1. The van der Waals surface area contributed by atoms with E-state index in [9.17, 15) is 9.59 Å². The van der Waals surface area contributed by atoms with Crippen LogP contribution in [0, 0.1) is 4.77 Å². The lowest BCUT2D eigenvalue weighted by molar-refractivity contribution is -0.116. The fourth-order valence-electron chi connectivity index (χ4n) is 4.38. The number of para-hydroxylation sites is 1. The van der Waals surface area contributed by atoms with Gasteiger partial charge in [0.1, 0.15) is 11.6 Å². The van der Waals surface area contributed by atoms with E-state index in [1.807, 2.05) is 36.4 Å². The first-order valence-electron chi connectivity index (χ1n) is 9.94. The maximum atomic E-state index is 12.9. The number of thiazole rings is 1. The minimum Gasteiger partial charge on any atom is -0.458 e. The SMILES string of the molecule is O=C1CCCC2=C1C(c1ccc(-c3nc4ccccc4s3)o1)c1c([nH]c(=S)[nH]c1=O)N2. The first kappa shape index (κ1) is 18.5. The number of nitrogens with zero attached hydrogens (tertiary/aromatic N) is 1. The van der Waals surface area contributed by atoms with Gasteiger partial charge in [-0.05, 0) is 49.3 Å². The maximum Gasteiger partial charge on any atom is 0.258 e. The summed E-state index contributed by atoms with van der Waals surface area (Å²) in [5.41, 5.74) is 2.40. The Morgan fingerprint density at radius 1 is 1.10 bits per heavy atom. The highest BCUT2D eigenvalue weighted by Crippen LogP contribution is 2.44. The number of Topliss-reactive ketones (excluding diaryl/α,β-unsaturated/α-hetero) is 1. The summed E-state index contributed by atoms with van der Waals surface area (Å²) in [6.07, 6.45) is 1.96. The zero-order valence-electron chi connectivity index (χ0n) is 16.2. The number of ketones is 1. The molecule has 154 valence electrons. The van der Waals surface area contributed by atoms with Crippen molar-refractivity contribution in [2.75, 3.05) is 5.32 Å². The molecule has 2 aliphatic rings. The zero-order chi connectivity index (χ0) is 21.1. The molecule has 6 rings (SSSR count). The average Bonchev–Trinajstić information content (AvgIpc) is 3.39. The summed E-state index contributed by atoms with van der Waals surface area (Å²) in [6.45, 7) is 0. The molecule has 31 heavy (non-hydrogen) atoms. The molecule has 0 bridgehead atoms. The lowest BCUT2D eigenvalue weighted by Crippen LogP contribution is -2.32. The van der Waals surface area contributed by atoms with Gasteiger partial charge < -0.3 is 14.7 Å². The van der Waals surface area contributed by atoms with E-state index in [1.165, 1.54) is 0 Å². The number of furan rings is 1. The maximum absolute atomic E-state index is 12.9. The van der Waals surface area contributed by atoms with Crippen molar-refractivity contribution in [3.63, 3.8) is 0 Å².